The largest absolute Gasteiger partial charge is 0.264 e. The minimum atomic E-state index is 0.519. The third-order valence-electron chi connectivity index (χ3n) is 3.48. The van der Waals surface area contributed by atoms with E-state index in [0.29, 0.717) is 11.8 Å². The molecule has 0 radical (unpaired) electrons. The minimum absolute atomic E-state index is 0.519. The van der Waals surface area contributed by atoms with Crippen molar-refractivity contribution >= 4 is 0 Å². The molecule has 2 nitrogen and oxygen atoms in total. The number of nitrogens with zero attached hydrogens (tertiary/aromatic N) is 2. The molecule has 0 fully saturated rings. The van der Waals surface area contributed by atoms with Gasteiger partial charge < -0.3 is 0 Å². The Hall–Kier alpha value is -1.70. The molecule has 0 aliphatic rings. The van der Waals surface area contributed by atoms with Crippen LogP contribution >= 0.6 is 0 Å². The van der Waals surface area contributed by atoms with Gasteiger partial charge in [0.2, 0.25) is 0 Å². The molecular weight excluding hydrogens is 220 g/mol. The van der Waals surface area contributed by atoms with Crippen molar-refractivity contribution in [3.63, 3.8) is 0 Å². The van der Waals surface area contributed by atoms with Crippen molar-refractivity contribution in [1.82, 2.24) is 9.97 Å². The first-order valence-corrected chi connectivity index (χ1v) is 6.58. The van der Waals surface area contributed by atoms with Crippen molar-refractivity contribution in [2.45, 2.75) is 38.5 Å². The molecule has 2 aromatic heterocycles. The first kappa shape index (κ1) is 12.7. The zero-order valence-electron chi connectivity index (χ0n) is 11.1. The van der Waals surface area contributed by atoms with E-state index in [-0.39, 0.29) is 0 Å². The van der Waals surface area contributed by atoms with Crippen LogP contribution in [0.5, 0.6) is 0 Å². The number of pyridine rings is 2. The molecule has 0 saturated heterocycles. The lowest BCUT2D eigenvalue weighted by Gasteiger charge is -2.15. The highest BCUT2D eigenvalue weighted by Crippen LogP contribution is 2.25. The highest BCUT2D eigenvalue weighted by molar-refractivity contribution is 5.14. The van der Waals surface area contributed by atoms with Gasteiger partial charge in [0.05, 0.1) is 0 Å². The second-order valence-electron chi connectivity index (χ2n) is 4.92. The summed E-state index contributed by atoms with van der Waals surface area (Å²) in [6, 6.07) is 10.3. The molecule has 0 bridgehead atoms. The Morgan fingerprint density at radius 1 is 0.944 bits per heavy atom. The molecule has 2 unspecified atom stereocenters. The van der Waals surface area contributed by atoms with E-state index in [1.54, 1.807) is 0 Å². The number of rotatable bonds is 5. The maximum Gasteiger partial charge on any atom is 0.0431 e. The lowest BCUT2D eigenvalue weighted by atomic mass is 9.92. The molecule has 2 aromatic rings. The molecule has 18 heavy (non-hydrogen) atoms. The Labute approximate surface area is 109 Å². The minimum Gasteiger partial charge on any atom is -0.264 e. The van der Waals surface area contributed by atoms with Gasteiger partial charge in [-0.3, -0.25) is 9.97 Å². The fourth-order valence-corrected chi connectivity index (χ4v) is 2.15. The van der Waals surface area contributed by atoms with Gasteiger partial charge in [-0.25, -0.2) is 0 Å². The number of hydrogen-bond donors (Lipinski definition) is 0. The van der Waals surface area contributed by atoms with E-state index >= 15 is 0 Å². The van der Waals surface area contributed by atoms with E-state index in [9.17, 15) is 0 Å². The molecule has 0 spiro atoms. The van der Waals surface area contributed by atoms with Crippen LogP contribution < -0.4 is 0 Å². The van der Waals surface area contributed by atoms with Crippen LogP contribution in [-0.4, -0.2) is 9.97 Å². The molecule has 2 heterocycles. The monoisotopic (exact) mass is 240 g/mol. The van der Waals surface area contributed by atoms with Crippen LogP contribution in [0, 0.1) is 0 Å². The topological polar surface area (TPSA) is 25.8 Å². The van der Waals surface area contributed by atoms with Gasteiger partial charge in [0.25, 0.3) is 0 Å². The summed E-state index contributed by atoms with van der Waals surface area (Å²) in [7, 11) is 0. The van der Waals surface area contributed by atoms with Gasteiger partial charge in [-0.1, -0.05) is 26.0 Å². The molecule has 0 saturated carbocycles. The van der Waals surface area contributed by atoms with Crippen LogP contribution in [0.25, 0.3) is 0 Å². The lowest BCUT2D eigenvalue weighted by molar-refractivity contribution is 0.564. The highest BCUT2D eigenvalue weighted by Gasteiger charge is 2.10. The summed E-state index contributed by atoms with van der Waals surface area (Å²) in [5, 5.41) is 0. The molecule has 2 atom stereocenters. The molecule has 94 valence electrons. The van der Waals surface area contributed by atoms with Crippen LogP contribution in [0.1, 0.15) is 49.8 Å². The fourth-order valence-electron chi connectivity index (χ4n) is 2.15. The molecule has 0 amide bonds. The van der Waals surface area contributed by atoms with Crippen molar-refractivity contribution < 1.29 is 0 Å². The molecule has 0 N–H and O–H groups in total. The van der Waals surface area contributed by atoms with Gasteiger partial charge in [-0.15, -0.1) is 0 Å². The molecule has 0 aromatic carbocycles. The van der Waals surface area contributed by atoms with Crippen LogP contribution in [0.2, 0.25) is 0 Å². The fraction of sp³-hybridized carbons (Fsp3) is 0.375. The van der Waals surface area contributed by atoms with E-state index < -0.39 is 0 Å². The Morgan fingerprint density at radius 2 is 1.78 bits per heavy atom. The first-order valence-electron chi connectivity index (χ1n) is 6.58. The van der Waals surface area contributed by atoms with Crippen molar-refractivity contribution in [3.8, 4) is 0 Å². The van der Waals surface area contributed by atoms with Gasteiger partial charge in [0.1, 0.15) is 0 Å². The second-order valence-corrected chi connectivity index (χ2v) is 4.92. The van der Waals surface area contributed by atoms with Crippen LogP contribution in [-0.2, 0) is 0 Å². The summed E-state index contributed by atoms with van der Waals surface area (Å²) in [5.41, 5.74) is 2.52. The third-order valence-corrected chi connectivity index (χ3v) is 3.48. The highest BCUT2D eigenvalue weighted by atomic mass is 14.7. The van der Waals surface area contributed by atoms with Crippen molar-refractivity contribution in [2.75, 3.05) is 0 Å². The predicted octanol–water partition coefficient (Wildman–Crippen LogP) is 4.16. The second kappa shape index (κ2) is 6.29. The normalized spacial score (nSPS) is 14.1. The van der Waals surface area contributed by atoms with Crippen LogP contribution in [0.4, 0.5) is 0 Å². The van der Waals surface area contributed by atoms with Gasteiger partial charge in [0.15, 0.2) is 0 Å². The summed E-state index contributed by atoms with van der Waals surface area (Å²) in [5.74, 6) is 1.08. The maximum atomic E-state index is 4.42. The summed E-state index contributed by atoms with van der Waals surface area (Å²) in [4.78, 5) is 8.60. The Balaban J connectivity index is 1.89. The summed E-state index contributed by atoms with van der Waals surface area (Å²) < 4.78 is 0. The molecule has 2 heteroatoms. The average molecular weight is 240 g/mol. The van der Waals surface area contributed by atoms with Crippen molar-refractivity contribution in [2.24, 2.45) is 0 Å². The quantitative estimate of drug-likeness (QED) is 0.784. The van der Waals surface area contributed by atoms with Crippen molar-refractivity contribution in [1.29, 1.82) is 0 Å². The Bertz CT molecular complexity index is 408. The van der Waals surface area contributed by atoms with E-state index in [4.69, 9.17) is 0 Å². The van der Waals surface area contributed by atoms with E-state index in [0.717, 1.165) is 6.42 Å². The maximum absolute atomic E-state index is 4.42. The van der Waals surface area contributed by atoms with Gasteiger partial charge in [0, 0.05) is 24.3 Å². The van der Waals surface area contributed by atoms with Crippen LogP contribution in [0.15, 0.2) is 48.9 Å². The number of hydrogen-bond acceptors (Lipinski definition) is 2. The van der Waals surface area contributed by atoms with Crippen LogP contribution in [0.3, 0.4) is 0 Å². The Kier molecular flexibility index (Phi) is 4.46. The van der Waals surface area contributed by atoms with Crippen molar-refractivity contribution in [3.05, 3.63) is 60.2 Å². The molecular formula is C16H20N2. The zero-order valence-corrected chi connectivity index (χ0v) is 11.1. The average Bonchev–Trinajstić information content (AvgIpc) is 2.46. The van der Waals surface area contributed by atoms with E-state index in [1.165, 1.54) is 17.7 Å². The van der Waals surface area contributed by atoms with Gasteiger partial charge >= 0.3 is 0 Å². The standard InChI is InChI=1S/C16H20N2/c1-13(15-6-5-10-17-12-15)8-9-14(2)16-7-3-4-11-18-16/h3-7,10-14H,8-9H2,1-2H3. The molecule has 2 rings (SSSR count). The smallest absolute Gasteiger partial charge is 0.0431 e. The van der Waals surface area contributed by atoms with E-state index in [1.807, 2.05) is 30.7 Å². The molecule has 0 aliphatic heterocycles. The van der Waals surface area contributed by atoms with Gasteiger partial charge in [-0.05, 0) is 48.4 Å². The predicted molar refractivity (Wildman–Crippen MR) is 74.5 cm³/mol. The Morgan fingerprint density at radius 3 is 2.44 bits per heavy atom. The summed E-state index contributed by atoms with van der Waals surface area (Å²) in [6.07, 6.45) is 8.00. The number of aromatic nitrogens is 2. The molecule has 0 aliphatic carbocycles. The third kappa shape index (κ3) is 3.39. The first-order chi connectivity index (χ1) is 8.77. The SMILES string of the molecule is CC(CCC(C)c1ccccn1)c1cccnc1. The van der Waals surface area contributed by atoms with Gasteiger partial charge in [-0.2, -0.15) is 0 Å². The lowest BCUT2D eigenvalue weighted by Crippen LogP contribution is -2.00. The summed E-state index contributed by atoms with van der Waals surface area (Å²) >= 11 is 0. The summed E-state index contributed by atoms with van der Waals surface area (Å²) in [6.45, 7) is 4.51. The van der Waals surface area contributed by atoms with E-state index in [2.05, 4.69) is 42.0 Å². The zero-order chi connectivity index (χ0) is 12.8.